The molecule has 0 aromatic heterocycles. The number of hydrogen-bond donors (Lipinski definition) is 1. The van der Waals surface area contributed by atoms with Crippen molar-refractivity contribution in [3.05, 3.63) is 11.6 Å². The van der Waals surface area contributed by atoms with Gasteiger partial charge in [0.25, 0.3) is 5.78 Å². The molecule has 6 nitrogen and oxygen atoms in total. The monoisotopic (exact) mass is 470 g/mol. The number of carboxylic acids is 1. The Hall–Kier alpha value is -0.950. The molecule has 3 saturated carbocycles. The molecule has 1 N–H and O–H groups in total. The van der Waals surface area contributed by atoms with Crippen molar-refractivity contribution in [3.8, 4) is 0 Å². The van der Waals surface area contributed by atoms with Gasteiger partial charge in [-0.2, -0.15) is 0 Å². The Morgan fingerprint density at radius 3 is 2.55 bits per heavy atom. The summed E-state index contributed by atoms with van der Waals surface area (Å²) >= 11 is 14.7. The van der Waals surface area contributed by atoms with E-state index >= 15 is 0 Å². The lowest BCUT2D eigenvalue weighted by molar-refractivity contribution is -0.360. The van der Waals surface area contributed by atoms with Gasteiger partial charge in [-0.1, -0.05) is 19.4 Å². The first-order valence-electron chi connectivity index (χ1n) is 11.1. The van der Waals surface area contributed by atoms with Gasteiger partial charge < -0.3 is 14.6 Å². The number of allylic oxidation sites excluding steroid dienone is 1. The fourth-order valence-electron chi connectivity index (χ4n) is 8.09. The van der Waals surface area contributed by atoms with Gasteiger partial charge in [0.1, 0.15) is 5.60 Å². The number of ketones is 2. The van der Waals surface area contributed by atoms with Crippen LogP contribution < -0.4 is 0 Å². The Kier molecular flexibility index (Phi) is 4.47. The molecule has 2 bridgehead atoms. The second-order valence-corrected chi connectivity index (χ2v) is 11.6. The van der Waals surface area contributed by atoms with Gasteiger partial charge in [0.2, 0.25) is 0 Å². The molecule has 5 aliphatic rings. The van der Waals surface area contributed by atoms with Crippen molar-refractivity contribution in [3.63, 3.8) is 0 Å². The molecule has 0 aromatic rings. The SMILES string of the molecule is CC1O[C@@]2(C(=O)C(=O)O)CC[C@@]3(O1)[C@@H]1CCC4=CC(=O)CC[C@]4(C)[C@@]1(Cl)[C@@H](Cl)C[C@]23C. The number of carboxylic acid groups (broad SMARTS) is 1. The highest BCUT2D eigenvalue weighted by atomic mass is 35.5. The number of hydrogen-bond acceptors (Lipinski definition) is 5. The van der Waals surface area contributed by atoms with Crippen LogP contribution in [-0.4, -0.2) is 50.4 Å². The van der Waals surface area contributed by atoms with Gasteiger partial charge in [0.05, 0.1) is 15.9 Å². The van der Waals surface area contributed by atoms with Gasteiger partial charge in [-0.15, -0.1) is 23.2 Å². The molecule has 8 heteroatoms. The predicted octanol–water partition coefficient (Wildman–Crippen LogP) is 4.00. The molecule has 8 atom stereocenters. The molecule has 0 aromatic carbocycles. The number of carbonyl (C=O) groups excluding carboxylic acids is 2. The fraction of sp³-hybridized carbons (Fsp3) is 0.783. The van der Waals surface area contributed by atoms with E-state index in [1.165, 1.54) is 0 Å². The Labute approximate surface area is 191 Å². The average molecular weight is 471 g/mol. The molecule has 4 aliphatic carbocycles. The minimum Gasteiger partial charge on any atom is -0.475 e. The van der Waals surface area contributed by atoms with Gasteiger partial charge in [-0.25, -0.2) is 4.79 Å². The molecule has 1 unspecified atom stereocenters. The number of fused-ring (bicyclic) bond motifs is 3. The zero-order valence-corrected chi connectivity index (χ0v) is 19.5. The zero-order valence-electron chi connectivity index (χ0n) is 18.0. The predicted molar refractivity (Wildman–Crippen MR) is 113 cm³/mol. The van der Waals surface area contributed by atoms with E-state index in [1.54, 1.807) is 13.0 Å². The summed E-state index contributed by atoms with van der Waals surface area (Å²) in [4.78, 5) is 36.2. The van der Waals surface area contributed by atoms with Crippen molar-refractivity contribution in [2.75, 3.05) is 0 Å². The number of aliphatic carboxylic acids is 1. The Balaban J connectivity index is 1.70. The number of rotatable bonds is 2. The first-order chi connectivity index (χ1) is 14.4. The first kappa shape index (κ1) is 21.9. The normalized spacial score (nSPS) is 53.1. The molecular weight excluding hydrogens is 443 g/mol. The summed E-state index contributed by atoms with van der Waals surface area (Å²) in [5, 5.41) is 9.10. The molecular formula is C23H28Cl2O6. The van der Waals surface area contributed by atoms with E-state index in [0.29, 0.717) is 38.5 Å². The van der Waals surface area contributed by atoms with Crippen LogP contribution in [0.2, 0.25) is 0 Å². The highest BCUT2D eigenvalue weighted by Crippen LogP contribution is 2.76. The topological polar surface area (TPSA) is 89.9 Å². The van der Waals surface area contributed by atoms with Crippen LogP contribution in [0.4, 0.5) is 0 Å². The Morgan fingerprint density at radius 1 is 1.16 bits per heavy atom. The van der Waals surface area contributed by atoms with Gasteiger partial charge in [-0.3, -0.25) is 9.59 Å². The summed E-state index contributed by atoms with van der Waals surface area (Å²) < 4.78 is 12.6. The van der Waals surface area contributed by atoms with Crippen LogP contribution in [0.5, 0.6) is 0 Å². The first-order valence-corrected chi connectivity index (χ1v) is 11.9. The third kappa shape index (κ3) is 2.26. The van der Waals surface area contributed by atoms with Crippen LogP contribution in [0.1, 0.15) is 65.7 Å². The zero-order chi connectivity index (χ0) is 22.6. The average Bonchev–Trinajstić information content (AvgIpc) is 2.82. The minimum atomic E-state index is -1.49. The van der Waals surface area contributed by atoms with Crippen molar-refractivity contribution in [1.29, 1.82) is 0 Å². The maximum atomic E-state index is 13.1. The van der Waals surface area contributed by atoms with Crippen LogP contribution in [0.15, 0.2) is 11.6 Å². The van der Waals surface area contributed by atoms with Crippen molar-refractivity contribution in [2.45, 2.75) is 93.5 Å². The summed E-state index contributed by atoms with van der Waals surface area (Å²) in [6.45, 7) is 5.72. The lowest BCUT2D eigenvalue weighted by atomic mass is 9.43. The number of alkyl halides is 2. The maximum absolute atomic E-state index is 13.1. The second-order valence-electron chi connectivity index (χ2n) is 10.5. The largest absolute Gasteiger partial charge is 0.475 e. The lowest BCUT2D eigenvalue weighted by Crippen LogP contribution is -2.78. The smallest absolute Gasteiger partial charge is 0.375 e. The fourth-order valence-corrected chi connectivity index (χ4v) is 9.37. The molecule has 0 amide bonds. The molecule has 4 fully saturated rings. The molecule has 31 heavy (non-hydrogen) atoms. The van der Waals surface area contributed by atoms with Crippen LogP contribution in [0.3, 0.4) is 0 Å². The van der Waals surface area contributed by atoms with Crippen LogP contribution in [-0.2, 0) is 23.9 Å². The molecule has 0 spiro atoms. The summed E-state index contributed by atoms with van der Waals surface area (Å²) in [6.07, 6.45) is 4.51. The number of halogens is 2. The Bertz CT molecular complexity index is 933. The van der Waals surface area contributed by atoms with E-state index in [-0.39, 0.29) is 18.1 Å². The second kappa shape index (κ2) is 6.34. The van der Waals surface area contributed by atoms with Crippen molar-refractivity contribution >= 4 is 40.7 Å². The van der Waals surface area contributed by atoms with Gasteiger partial charge in [0.15, 0.2) is 12.1 Å². The van der Waals surface area contributed by atoms with Gasteiger partial charge in [0, 0.05) is 23.2 Å². The van der Waals surface area contributed by atoms with Crippen molar-refractivity contribution in [1.82, 2.24) is 0 Å². The summed E-state index contributed by atoms with van der Waals surface area (Å²) in [5.74, 6) is -2.50. The third-order valence-electron chi connectivity index (χ3n) is 9.55. The van der Waals surface area contributed by atoms with Crippen LogP contribution >= 0.6 is 23.2 Å². The minimum absolute atomic E-state index is 0.124. The quantitative estimate of drug-likeness (QED) is 0.484. The molecule has 1 aliphatic heterocycles. The number of Topliss-reactive ketones (excluding diaryl/α,β-unsaturated/α-hetero) is 1. The highest BCUT2D eigenvalue weighted by molar-refractivity contribution is 6.37. The Morgan fingerprint density at radius 2 is 1.87 bits per heavy atom. The summed E-state index contributed by atoms with van der Waals surface area (Å²) in [5.41, 5.74) is -2.65. The molecule has 5 rings (SSSR count). The van der Waals surface area contributed by atoms with Gasteiger partial charge >= 0.3 is 5.97 Å². The summed E-state index contributed by atoms with van der Waals surface area (Å²) in [7, 11) is 0. The molecule has 170 valence electrons. The van der Waals surface area contributed by atoms with Crippen LogP contribution in [0, 0.1) is 16.7 Å². The molecule has 1 saturated heterocycles. The van der Waals surface area contributed by atoms with E-state index in [2.05, 4.69) is 6.92 Å². The van der Waals surface area contributed by atoms with E-state index in [1.807, 2.05) is 6.92 Å². The van der Waals surface area contributed by atoms with E-state index in [4.69, 9.17) is 32.7 Å². The third-order valence-corrected chi connectivity index (χ3v) is 11.1. The maximum Gasteiger partial charge on any atom is 0.375 e. The van der Waals surface area contributed by atoms with Gasteiger partial charge in [-0.05, 0) is 51.5 Å². The van der Waals surface area contributed by atoms with E-state index in [9.17, 15) is 19.5 Å². The van der Waals surface area contributed by atoms with Crippen LogP contribution in [0.25, 0.3) is 0 Å². The number of ether oxygens (including phenoxy) is 2. The molecule has 1 heterocycles. The van der Waals surface area contributed by atoms with Crippen molar-refractivity contribution < 1.29 is 29.0 Å². The lowest BCUT2D eigenvalue weighted by Gasteiger charge is -2.70. The summed E-state index contributed by atoms with van der Waals surface area (Å²) in [6, 6.07) is 0. The van der Waals surface area contributed by atoms with E-state index in [0.717, 1.165) is 5.57 Å². The molecule has 0 radical (unpaired) electrons. The van der Waals surface area contributed by atoms with Crippen molar-refractivity contribution in [2.24, 2.45) is 16.7 Å². The standard InChI is InChI=1S/C23H28Cl2O6/c1-12-30-21-8-9-22(31-12,17(27)18(28)29)20(21,3)11-16(24)23(25)15(21)5-4-13-10-14(26)6-7-19(13,23)2/h10,12,15-16H,4-9,11H2,1-3H3,(H,28,29)/t12?,15-,16-,19-,20-,21+,22+,23-/m0/s1. The van der Waals surface area contributed by atoms with E-state index < -0.39 is 50.3 Å². The highest BCUT2D eigenvalue weighted by Gasteiger charge is 2.83. The number of carbonyl (C=O) groups is 3.